The molecule has 0 aliphatic heterocycles. The summed E-state index contributed by atoms with van der Waals surface area (Å²) >= 11 is 8.02. The van der Waals surface area contributed by atoms with Crippen molar-refractivity contribution in [1.82, 2.24) is 4.98 Å². The standard InChI is InChI=1S/C12H8ClIN2O/c13-11-10(5-2-6-15-11)16-12(17)8-3-1-4-9(14)7-8/h1-7H,(H,16,17). The van der Waals surface area contributed by atoms with Crippen molar-refractivity contribution < 1.29 is 4.79 Å². The Bertz CT molecular complexity index is 560. The van der Waals surface area contributed by atoms with E-state index >= 15 is 0 Å². The lowest BCUT2D eigenvalue weighted by molar-refractivity contribution is 0.102. The zero-order valence-corrected chi connectivity index (χ0v) is 11.6. The first-order chi connectivity index (χ1) is 8.16. The van der Waals surface area contributed by atoms with Gasteiger partial charge in [-0.1, -0.05) is 17.7 Å². The lowest BCUT2D eigenvalue weighted by atomic mass is 10.2. The Balaban J connectivity index is 2.20. The van der Waals surface area contributed by atoms with E-state index in [1.165, 1.54) is 0 Å². The van der Waals surface area contributed by atoms with E-state index in [-0.39, 0.29) is 11.1 Å². The number of pyridine rings is 1. The molecule has 0 unspecified atom stereocenters. The predicted molar refractivity (Wildman–Crippen MR) is 76.4 cm³/mol. The van der Waals surface area contributed by atoms with Gasteiger partial charge in [0.1, 0.15) is 0 Å². The summed E-state index contributed by atoms with van der Waals surface area (Å²) in [6.45, 7) is 0. The molecule has 17 heavy (non-hydrogen) atoms. The molecule has 3 nitrogen and oxygen atoms in total. The van der Waals surface area contributed by atoms with Crippen molar-refractivity contribution >= 4 is 45.8 Å². The molecule has 0 fully saturated rings. The maximum Gasteiger partial charge on any atom is 0.255 e. The highest BCUT2D eigenvalue weighted by Crippen LogP contribution is 2.18. The maximum atomic E-state index is 11.9. The summed E-state index contributed by atoms with van der Waals surface area (Å²) in [7, 11) is 0. The molecular formula is C12H8ClIN2O. The van der Waals surface area contributed by atoms with Crippen molar-refractivity contribution in [3.63, 3.8) is 0 Å². The number of anilines is 1. The van der Waals surface area contributed by atoms with Gasteiger partial charge in [-0.3, -0.25) is 4.79 Å². The van der Waals surface area contributed by atoms with Crippen LogP contribution >= 0.6 is 34.2 Å². The lowest BCUT2D eigenvalue weighted by Crippen LogP contribution is -2.12. The number of aromatic nitrogens is 1. The van der Waals surface area contributed by atoms with Gasteiger partial charge < -0.3 is 5.32 Å². The Hall–Kier alpha value is -1.14. The fourth-order valence-corrected chi connectivity index (χ4v) is 2.01. The van der Waals surface area contributed by atoms with Crippen LogP contribution in [-0.2, 0) is 0 Å². The Labute approximate surface area is 117 Å². The van der Waals surface area contributed by atoms with Crippen LogP contribution in [0.1, 0.15) is 10.4 Å². The van der Waals surface area contributed by atoms with Crippen molar-refractivity contribution in [2.75, 3.05) is 5.32 Å². The number of carbonyl (C=O) groups excluding carboxylic acids is 1. The fraction of sp³-hybridized carbons (Fsp3) is 0. The van der Waals surface area contributed by atoms with E-state index in [1.807, 2.05) is 12.1 Å². The maximum absolute atomic E-state index is 11.9. The first-order valence-electron chi connectivity index (χ1n) is 4.84. The molecule has 0 aliphatic rings. The largest absolute Gasteiger partial charge is 0.319 e. The van der Waals surface area contributed by atoms with Crippen LogP contribution in [-0.4, -0.2) is 10.9 Å². The highest BCUT2D eigenvalue weighted by Gasteiger charge is 2.08. The third-order valence-corrected chi connectivity index (χ3v) is 3.07. The molecule has 0 saturated carbocycles. The second-order valence-corrected chi connectivity index (χ2v) is 4.91. The van der Waals surface area contributed by atoms with E-state index in [4.69, 9.17) is 11.6 Å². The minimum atomic E-state index is -0.196. The quantitative estimate of drug-likeness (QED) is 0.658. The predicted octanol–water partition coefficient (Wildman–Crippen LogP) is 3.59. The molecule has 0 radical (unpaired) electrons. The molecule has 0 atom stereocenters. The molecular weight excluding hydrogens is 351 g/mol. The first-order valence-corrected chi connectivity index (χ1v) is 6.30. The molecule has 1 aromatic heterocycles. The highest BCUT2D eigenvalue weighted by atomic mass is 127. The Morgan fingerprint density at radius 1 is 1.29 bits per heavy atom. The van der Waals surface area contributed by atoms with Crippen LogP contribution in [0.15, 0.2) is 42.6 Å². The third-order valence-electron chi connectivity index (χ3n) is 2.09. The molecule has 0 bridgehead atoms. The second kappa shape index (κ2) is 5.46. The minimum Gasteiger partial charge on any atom is -0.319 e. The summed E-state index contributed by atoms with van der Waals surface area (Å²) in [6, 6.07) is 10.7. The molecule has 1 amide bonds. The molecule has 1 N–H and O–H groups in total. The molecule has 0 spiro atoms. The first kappa shape index (κ1) is 12.3. The second-order valence-electron chi connectivity index (χ2n) is 3.31. The number of rotatable bonds is 2. The van der Waals surface area contributed by atoms with Gasteiger partial charge in [0.15, 0.2) is 5.15 Å². The minimum absolute atomic E-state index is 0.196. The number of benzene rings is 1. The summed E-state index contributed by atoms with van der Waals surface area (Å²) in [4.78, 5) is 15.8. The van der Waals surface area contributed by atoms with Crippen molar-refractivity contribution in [3.8, 4) is 0 Å². The van der Waals surface area contributed by atoms with Crippen LogP contribution in [0.2, 0.25) is 5.15 Å². The highest BCUT2D eigenvalue weighted by molar-refractivity contribution is 14.1. The summed E-state index contributed by atoms with van der Waals surface area (Å²) in [6.07, 6.45) is 1.57. The van der Waals surface area contributed by atoms with Crippen molar-refractivity contribution in [1.29, 1.82) is 0 Å². The van der Waals surface area contributed by atoms with Crippen LogP contribution in [0.25, 0.3) is 0 Å². The van der Waals surface area contributed by atoms with Crippen LogP contribution in [0.5, 0.6) is 0 Å². The number of carbonyl (C=O) groups is 1. The Morgan fingerprint density at radius 2 is 2.12 bits per heavy atom. The number of nitrogens with one attached hydrogen (secondary N) is 1. The average molecular weight is 359 g/mol. The van der Waals surface area contributed by atoms with E-state index < -0.39 is 0 Å². The van der Waals surface area contributed by atoms with E-state index in [2.05, 4.69) is 32.9 Å². The monoisotopic (exact) mass is 358 g/mol. The summed E-state index contributed by atoms with van der Waals surface area (Å²) in [5.41, 5.74) is 1.11. The number of hydrogen-bond acceptors (Lipinski definition) is 2. The van der Waals surface area contributed by atoms with E-state index in [1.54, 1.807) is 30.5 Å². The Kier molecular flexibility index (Phi) is 3.96. The van der Waals surface area contributed by atoms with Gasteiger partial charge in [-0.25, -0.2) is 4.98 Å². The molecule has 0 saturated heterocycles. The number of amides is 1. The molecule has 2 rings (SSSR count). The van der Waals surface area contributed by atoms with Gasteiger partial charge in [-0.2, -0.15) is 0 Å². The van der Waals surface area contributed by atoms with Crippen molar-refractivity contribution in [3.05, 3.63) is 56.9 Å². The normalized spacial score (nSPS) is 10.0. The summed E-state index contributed by atoms with van der Waals surface area (Å²) in [5, 5.41) is 3.00. The molecule has 1 heterocycles. The van der Waals surface area contributed by atoms with Gasteiger partial charge >= 0.3 is 0 Å². The molecule has 1 aromatic carbocycles. The number of halogens is 2. The molecule has 5 heteroatoms. The lowest BCUT2D eigenvalue weighted by Gasteiger charge is -2.06. The van der Waals surface area contributed by atoms with Gasteiger partial charge in [0.05, 0.1) is 5.69 Å². The van der Waals surface area contributed by atoms with Gasteiger partial charge in [-0.15, -0.1) is 0 Å². The van der Waals surface area contributed by atoms with Crippen molar-refractivity contribution in [2.45, 2.75) is 0 Å². The fourth-order valence-electron chi connectivity index (χ4n) is 1.30. The Morgan fingerprint density at radius 3 is 2.82 bits per heavy atom. The zero-order valence-electron chi connectivity index (χ0n) is 8.65. The van der Waals surface area contributed by atoms with Crippen LogP contribution in [0, 0.1) is 3.57 Å². The molecule has 0 aliphatic carbocycles. The van der Waals surface area contributed by atoms with Gasteiger partial charge in [-0.05, 0) is 52.9 Å². The molecule has 86 valence electrons. The summed E-state index contributed by atoms with van der Waals surface area (Å²) in [5.74, 6) is -0.196. The van der Waals surface area contributed by atoms with Crippen LogP contribution < -0.4 is 5.32 Å². The SMILES string of the molecule is O=C(Nc1cccnc1Cl)c1cccc(I)c1. The summed E-state index contributed by atoms with van der Waals surface area (Å²) < 4.78 is 1.01. The van der Waals surface area contributed by atoms with Gasteiger partial charge in [0, 0.05) is 15.3 Å². The van der Waals surface area contributed by atoms with Gasteiger partial charge in [0.25, 0.3) is 5.91 Å². The van der Waals surface area contributed by atoms with E-state index in [9.17, 15) is 4.79 Å². The van der Waals surface area contributed by atoms with Crippen LogP contribution in [0.3, 0.4) is 0 Å². The number of nitrogens with zero attached hydrogens (tertiary/aromatic N) is 1. The molecule has 2 aromatic rings. The van der Waals surface area contributed by atoms with E-state index in [0.29, 0.717) is 11.3 Å². The van der Waals surface area contributed by atoms with Crippen molar-refractivity contribution in [2.24, 2.45) is 0 Å². The topological polar surface area (TPSA) is 42.0 Å². The van der Waals surface area contributed by atoms with Gasteiger partial charge in [0.2, 0.25) is 0 Å². The number of hydrogen-bond donors (Lipinski definition) is 1. The third kappa shape index (κ3) is 3.17. The smallest absolute Gasteiger partial charge is 0.255 e. The van der Waals surface area contributed by atoms with E-state index in [0.717, 1.165) is 3.57 Å². The average Bonchev–Trinajstić information content (AvgIpc) is 2.32. The zero-order chi connectivity index (χ0) is 12.3. The van der Waals surface area contributed by atoms with Crippen LogP contribution in [0.4, 0.5) is 5.69 Å².